The van der Waals surface area contributed by atoms with Crippen LogP contribution in [0.2, 0.25) is 5.02 Å². The number of halogens is 1. The minimum absolute atomic E-state index is 0.281. The van der Waals surface area contributed by atoms with E-state index in [1.54, 1.807) is 48.6 Å². The molecular formula is C16H15ClN2O2S3. The van der Waals surface area contributed by atoms with Gasteiger partial charge in [-0.1, -0.05) is 11.6 Å². The molecule has 2 aromatic heterocycles. The van der Waals surface area contributed by atoms with Crippen LogP contribution in [0.1, 0.15) is 15.4 Å². The number of sulfonamides is 1. The standard InChI is InChI=1S/C16H15ClN2O2S3/c1-9-10(2)23-16(18-9)14-8-15(11(3)22-14)24(20,21)19-13-6-4-12(17)5-7-13/h4-8,19H,1-3H3. The number of rotatable bonds is 4. The van der Waals surface area contributed by atoms with Crippen LogP contribution >= 0.6 is 34.3 Å². The predicted octanol–water partition coefficient (Wildman–Crippen LogP) is 5.25. The molecular weight excluding hydrogens is 384 g/mol. The highest BCUT2D eigenvalue weighted by molar-refractivity contribution is 7.93. The molecule has 0 amide bonds. The van der Waals surface area contributed by atoms with Crippen LogP contribution in [0.25, 0.3) is 9.88 Å². The number of thiazole rings is 1. The zero-order valence-corrected chi connectivity index (χ0v) is 16.5. The number of hydrogen-bond donors (Lipinski definition) is 1. The lowest BCUT2D eigenvalue weighted by Gasteiger charge is -2.07. The summed E-state index contributed by atoms with van der Waals surface area (Å²) in [5.41, 5.74) is 1.46. The summed E-state index contributed by atoms with van der Waals surface area (Å²) in [6, 6.07) is 8.25. The first-order valence-corrected chi connectivity index (χ1v) is 10.6. The Bertz CT molecular complexity index is 970. The molecule has 3 rings (SSSR count). The molecule has 0 aliphatic carbocycles. The van der Waals surface area contributed by atoms with E-state index in [-0.39, 0.29) is 4.90 Å². The van der Waals surface area contributed by atoms with Crippen LogP contribution < -0.4 is 4.72 Å². The van der Waals surface area contributed by atoms with Gasteiger partial charge in [0.05, 0.1) is 10.6 Å². The van der Waals surface area contributed by atoms with E-state index in [0.717, 1.165) is 25.3 Å². The first-order valence-electron chi connectivity index (χ1n) is 7.09. The van der Waals surface area contributed by atoms with E-state index in [4.69, 9.17) is 11.6 Å². The molecule has 0 saturated heterocycles. The fraction of sp³-hybridized carbons (Fsp3) is 0.188. The number of aromatic nitrogens is 1. The van der Waals surface area contributed by atoms with Crippen molar-refractivity contribution in [1.82, 2.24) is 4.98 Å². The van der Waals surface area contributed by atoms with E-state index in [2.05, 4.69) is 9.71 Å². The second kappa shape index (κ2) is 6.48. The monoisotopic (exact) mass is 398 g/mol. The number of nitrogens with one attached hydrogen (secondary N) is 1. The van der Waals surface area contributed by atoms with Gasteiger partial charge in [0.1, 0.15) is 9.90 Å². The Morgan fingerprint density at radius 2 is 1.71 bits per heavy atom. The van der Waals surface area contributed by atoms with Gasteiger partial charge in [0, 0.05) is 20.5 Å². The maximum absolute atomic E-state index is 12.7. The van der Waals surface area contributed by atoms with Gasteiger partial charge in [0.25, 0.3) is 10.0 Å². The minimum atomic E-state index is -3.65. The second-order valence-electron chi connectivity index (χ2n) is 5.30. The van der Waals surface area contributed by atoms with E-state index in [0.29, 0.717) is 10.7 Å². The number of nitrogens with zero attached hydrogens (tertiary/aromatic N) is 1. The van der Waals surface area contributed by atoms with Crippen molar-refractivity contribution in [3.05, 3.63) is 50.8 Å². The molecule has 3 aromatic rings. The van der Waals surface area contributed by atoms with Crippen LogP contribution in [0.3, 0.4) is 0 Å². The van der Waals surface area contributed by atoms with E-state index in [1.165, 1.54) is 11.3 Å². The summed E-state index contributed by atoms with van der Waals surface area (Å²) in [6.45, 7) is 5.77. The van der Waals surface area contributed by atoms with Gasteiger partial charge >= 0.3 is 0 Å². The van der Waals surface area contributed by atoms with E-state index >= 15 is 0 Å². The molecule has 0 atom stereocenters. The lowest BCUT2D eigenvalue weighted by atomic mass is 10.3. The highest BCUT2D eigenvalue weighted by Crippen LogP contribution is 2.37. The largest absolute Gasteiger partial charge is 0.280 e. The van der Waals surface area contributed by atoms with E-state index in [9.17, 15) is 8.42 Å². The zero-order chi connectivity index (χ0) is 17.5. The van der Waals surface area contributed by atoms with Gasteiger partial charge < -0.3 is 0 Å². The maximum Gasteiger partial charge on any atom is 0.263 e. The van der Waals surface area contributed by atoms with Gasteiger partial charge in [-0.15, -0.1) is 22.7 Å². The minimum Gasteiger partial charge on any atom is -0.280 e. The summed E-state index contributed by atoms with van der Waals surface area (Å²) in [5.74, 6) is 0. The molecule has 2 heterocycles. The Morgan fingerprint density at radius 3 is 2.29 bits per heavy atom. The number of anilines is 1. The molecule has 0 fully saturated rings. The molecule has 8 heteroatoms. The van der Waals surface area contributed by atoms with Crippen molar-refractivity contribution in [1.29, 1.82) is 0 Å². The van der Waals surface area contributed by atoms with Crippen LogP contribution in [0.15, 0.2) is 35.2 Å². The van der Waals surface area contributed by atoms with Crippen molar-refractivity contribution >= 4 is 50.0 Å². The lowest BCUT2D eigenvalue weighted by molar-refractivity contribution is 0.601. The van der Waals surface area contributed by atoms with Gasteiger partial charge in [-0.25, -0.2) is 13.4 Å². The van der Waals surface area contributed by atoms with Crippen LogP contribution in [-0.4, -0.2) is 13.4 Å². The van der Waals surface area contributed by atoms with Crippen LogP contribution in [0, 0.1) is 20.8 Å². The van der Waals surface area contributed by atoms with Crippen LogP contribution in [0.5, 0.6) is 0 Å². The van der Waals surface area contributed by atoms with Crippen molar-refractivity contribution in [2.45, 2.75) is 25.7 Å². The van der Waals surface area contributed by atoms with Crippen molar-refractivity contribution in [3.8, 4) is 9.88 Å². The van der Waals surface area contributed by atoms with Crippen molar-refractivity contribution in [2.24, 2.45) is 0 Å². The van der Waals surface area contributed by atoms with Gasteiger partial charge in [-0.05, 0) is 51.1 Å². The third kappa shape index (κ3) is 3.49. The third-order valence-electron chi connectivity index (χ3n) is 3.50. The highest BCUT2D eigenvalue weighted by Gasteiger charge is 2.22. The number of aryl methyl sites for hydroxylation is 3. The summed E-state index contributed by atoms with van der Waals surface area (Å²) in [6.07, 6.45) is 0. The lowest BCUT2D eigenvalue weighted by Crippen LogP contribution is -2.12. The normalized spacial score (nSPS) is 11.7. The van der Waals surface area contributed by atoms with Crippen molar-refractivity contribution in [2.75, 3.05) is 4.72 Å². The third-order valence-corrected chi connectivity index (χ3v) is 7.68. The summed E-state index contributed by atoms with van der Waals surface area (Å²) in [7, 11) is -3.65. The average molecular weight is 399 g/mol. The predicted molar refractivity (Wildman–Crippen MR) is 102 cm³/mol. The Hall–Kier alpha value is -1.41. The quantitative estimate of drug-likeness (QED) is 0.652. The van der Waals surface area contributed by atoms with Gasteiger partial charge in [-0.3, -0.25) is 4.72 Å². The first-order chi connectivity index (χ1) is 11.3. The molecule has 24 heavy (non-hydrogen) atoms. The molecule has 0 radical (unpaired) electrons. The van der Waals surface area contributed by atoms with Crippen LogP contribution in [-0.2, 0) is 10.0 Å². The molecule has 0 aliphatic rings. The fourth-order valence-electron chi connectivity index (χ4n) is 2.14. The highest BCUT2D eigenvalue weighted by atomic mass is 35.5. The van der Waals surface area contributed by atoms with Gasteiger partial charge in [0.2, 0.25) is 0 Å². The number of benzene rings is 1. The zero-order valence-electron chi connectivity index (χ0n) is 13.3. The fourth-order valence-corrected chi connectivity index (χ4v) is 5.88. The second-order valence-corrected chi connectivity index (χ2v) is 9.85. The number of thiophene rings is 1. The van der Waals surface area contributed by atoms with Crippen LogP contribution in [0.4, 0.5) is 5.69 Å². The summed E-state index contributed by atoms with van der Waals surface area (Å²) >= 11 is 8.84. The van der Waals surface area contributed by atoms with Gasteiger partial charge in [-0.2, -0.15) is 0 Å². The molecule has 0 spiro atoms. The molecule has 0 unspecified atom stereocenters. The topological polar surface area (TPSA) is 59.1 Å². The Morgan fingerprint density at radius 1 is 1.04 bits per heavy atom. The van der Waals surface area contributed by atoms with Crippen molar-refractivity contribution in [3.63, 3.8) is 0 Å². The molecule has 126 valence electrons. The molecule has 1 aromatic carbocycles. The van der Waals surface area contributed by atoms with Crippen molar-refractivity contribution < 1.29 is 8.42 Å². The van der Waals surface area contributed by atoms with Gasteiger partial charge in [0.15, 0.2) is 0 Å². The summed E-state index contributed by atoms with van der Waals surface area (Å²) < 4.78 is 27.9. The maximum atomic E-state index is 12.7. The summed E-state index contributed by atoms with van der Waals surface area (Å²) in [4.78, 5) is 7.53. The Labute approximate surface area is 154 Å². The average Bonchev–Trinajstić information content (AvgIpc) is 3.05. The van der Waals surface area contributed by atoms with E-state index in [1.807, 2.05) is 13.8 Å². The summed E-state index contributed by atoms with van der Waals surface area (Å²) in [5, 5.41) is 1.41. The Kier molecular flexibility index (Phi) is 4.70. The molecule has 4 nitrogen and oxygen atoms in total. The molecule has 0 saturated carbocycles. The molecule has 1 N–H and O–H groups in total. The SMILES string of the molecule is Cc1nc(-c2cc(S(=O)(=O)Nc3ccc(Cl)cc3)c(C)s2)sc1C. The van der Waals surface area contributed by atoms with E-state index < -0.39 is 10.0 Å². The smallest absolute Gasteiger partial charge is 0.263 e. The molecule has 0 aliphatic heterocycles. The first kappa shape index (κ1) is 17.4. The Balaban J connectivity index is 1.95. The molecule has 0 bridgehead atoms. The number of hydrogen-bond acceptors (Lipinski definition) is 5.